The third-order valence-corrected chi connectivity index (χ3v) is 13.0. The lowest BCUT2D eigenvalue weighted by atomic mass is 9.46. The van der Waals surface area contributed by atoms with Crippen LogP contribution in [-0.4, -0.2) is 74.3 Å². The molecule has 5 N–H and O–H groups in total. The van der Waals surface area contributed by atoms with Crippen molar-refractivity contribution in [2.45, 2.75) is 136 Å². The highest BCUT2D eigenvalue weighted by molar-refractivity contribution is 7.46. The fourth-order valence-electron chi connectivity index (χ4n) is 10.0. The minimum atomic E-state index is -4.83. The van der Waals surface area contributed by atoms with Gasteiger partial charge in [0.25, 0.3) is 0 Å². The maximum absolute atomic E-state index is 13.9. The molecular weight excluding hydrogens is 587 g/mol. The molecule has 0 amide bonds. The predicted molar refractivity (Wildman–Crippen MR) is 163 cm³/mol. The molecule has 1 heterocycles. The Morgan fingerprint density at radius 1 is 0.977 bits per heavy atom. The topological polar surface area (TPSA) is 163 Å². The molecule has 44 heavy (non-hydrogen) atoms. The van der Waals surface area contributed by atoms with Gasteiger partial charge in [-0.15, -0.1) is 0 Å². The van der Waals surface area contributed by atoms with Gasteiger partial charge in [0.15, 0.2) is 12.1 Å². The van der Waals surface area contributed by atoms with Gasteiger partial charge < -0.3 is 34.6 Å². The van der Waals surface area contributed by atoms with E-state index in [1.165, 1.54) is 25.7 Å². The summed E-state index contributed by atoms with van der Waals surface area (Å²) in [6.45, 7) is 11.1. The molecule has 0 radical (unpaired) electrons. The molecule has 0 aromatic heterocycles. The Morgan fingerprint density at radius 3 is 2.39 bits per heavy atom. The Kier molecular flexibility index (Phi) is 10.3. The lowest BCUT2D eigenvalue weighted by molar-refractivity contribution is -0.312. The van der Waals surface area contributed by atoms with Crippen molar-refractivity contribution >= 4 is 13.6 Å². The van der Waals surface area contributed by atoms with Crippen LogP contribution in [0.1, 0.15) is 98.8 Å². The highest BCUT2D eigenvalue weighted by Crippen LogP contribution is 2.66. The summed E-state index contributed by atoms with van der Waals surface area (Å²) < 4.78 is 27.4. The number of aliphatic hydroxyl groups excluding tert-OH is 3. The molecule has 13 atom stereocenters. The van der Waals surface area contributed by atoms with Gasteiger partial charge >= 0.3 is 7.82 Å². The summed E-state index contributed by atoms with van der Waals surface area (Å²) in [6.07, 6.45) is 4.43. The average molecular weight is 643 g/mol. The largest absolute Gasteiger partial charge is 0.469 e. The molecule has 0 spiro atoms. The quantitative estimate of drug-likeness (QED) is 0.214. The smallest absolute Gasteiger partial charge is 0.387 e. The van der Waals surface area contributed by atoms with Crippen molar-refractivity contribution in [1.29, 1.82) is 0 Å². The minimum Gasteiger partial charge on any atom is -0.387 e. The number of rotatable bonds is 10. The van der Waals surface area contributed by atoms with Gasteiger partial charge in [-0.3, -0.25) is 9.32 Å². The molecule has 5 rings (SSSR count). The molecule has 0 aromatic carbocycles. The summed E-state index contributed by atoms with van der Waals surface area (Å²) in [7, 11) is -4.83. The van der Waals surface area contributed by atoms with Gasteiger partial charge in [0, 0.05) is 5.92 Å². The number of allylic oxidation sites excluding steroid dienone is 1. The first kappa shape index (κ1) is 34.6. The first-order valence-corrected chi connectivity index (χ1v) is 18.4. The monoisotopic (exact) mass is 642 g/mol. The lowest BCUT2D eigenvalue weighted by Crippen LogP contribution is -2.60. The van der Waals surface area contributed by atoms with E-state index in [0.717, 1.165) is 37.2 Å². The van der Waals surface area contributed by atoms with E-state index in [9.17, 15) is 24.7 Å². The third-order valence-electron chi connectivity index (χ3n) is 12.5. The first-order chi connectivity index (χ1) is 20.5. The van der Waals surface area contributed by atoms with Crippen LogP contribution < -0.4 is 0 Å². The Hall–Kier alpha value is -0.680. The molecule has 0 bridgehead atoms. The van der Waals surface area contributed by atoms with Gasteiger partial charge in [-0.2, -0.15) is 0 Å². The van der Waals surface area contributed by atoms with Crippen molar-refractivity contribution in [1.82, 2.24) is 0 Å². The number of ether oxygens (including phenoxy) is 2. The van der Waals surface area contributed by atoms with Crippen LogP contribution in [0.15, 0.2) is 11.6 Å². The van der Waals surface area contributed by atoms with Crippen LogP contribution in [0.2, 0.25) is 0 Å². The van der Waals surface area contributed by atoms with Gasteiger partial charge in [-0.25, -0.2) is 4.57 Å². The summed E-state index contributed by atoms with van der Waals surface area (Å²) in [6, 6.07) is 0. The van der Waals surface area contributed by atoms with Crippen LogP contribution in [0.5, 0.6) is 0 Å². The number of hydrogen-bond donors (Lipinski definition) is 5. The summed E-state index contributed by atoms with van der Waals surface area (Å²) in [5.41, 5.74) is 1.17. The summed E-state index contributed by atoms with van der Waals surface area (Å²) in [5, 5.41) is 31.2. The van der Waals surface area contributed by atoms with Crippen LogP contribution >= 0.6 is 7.82 Å². The zero-order chi connectivity index (χ0) is 32.2. The molecule has 4 aliphatic carbocycles. The van der Waals surface area contributed by atoms with Crippen molar-refractivity contribution < 1.29 is 48.5 Å². The van der Waals surface area contributed by atoms with E-state index >= 15 is 0 Å². The molecule has 5 aliphatic rings. The van der Waals surface area contributed by atoms with Crippen molar-refractivity contribution in [2.75, 3.05) is 6.61 Å². The fraction of sp³-hybridized carbons (Fsp3) is 0.909. The van der Waals surface area contributed by atoms with Gasteiger partial charge in [-0.05, 0) is 91.4 Å². The fourth-order valence-corrected chi connectivity index (χ4v) is 10.4. The molecule has 10 nitrogen and oxygen atoms in total. The Balaban J connectivity index is 1.26. The number of hydrogen-bond acceptors (Lipinski definition) is 8. The van der Waals surface area contributed by atoms with Crippen LogP contribution in [-0.2, 0) is 23.4 Å². The van der Waals surface area contributed by atoms with E-state index < -0.39 is 45.1 Å². The van der Waals surface area contributed by atoms with Crippen LogP contribution in [0.25, 0.3) is 0 Å². The average Bonchev–Trinajstić information content (AvgIpc) is 3.30. The van der Waals surface area contributed by atoms with Gasteiger partial charge in [0.2, 0.25) is 0 Å². The highest BCUT2D eigenvalue weighted by atomic mass is 31.2. The molecular formula is C33H55O10P. The van der Waals surface area contributed by atoms with E-state index in [1.54, 1.807) is 0 Å². The van der Waals surface area contributed by atoms with Gasteiger partial charge in [0.05, 0.1) is 12.7 Å². The summed E-state index contributed by atoms with van der Waals surface area (Å²) in [4.78, 5) is 32.0. The standard InChI is InChI=1S/C33H55O10P/c1-18(2)7-6-8-19(3)22-9-10-23-27-24(12-14-33(22,23)5)32(4)13-11-21(15-20(32)16-25(27)34)42-31-30(37)29(36)28(35)26(43-31)17-41-44(38,39)40/h16,18-19,21-24,26-31,35-37H,6-15,17H2,1-5H3,(H2,38,39,40)/t19-,21+,22-,23+,24+,26-,27+,28-,29+,30+,31+,32+,33-/m1/s1. The molecule has 3 saturated carbocycles. The Labute approximate surface area is 262 Å². The van der Waals surface area contributed by atoms with E-state index in [0.29, 0.717) is 36.5 Å². The zero-order valence-corrected chi connectivity index (χ0v) is 27.9. The highest BCUT2D eigenvalue weighted by Gasteiger charge is 2.61. The zero-order valence-electron chi connectivity index (χ0n) is 27.0. The number of fused-ring (bicyclic) bond motifs is 5. The number of phosphoric ester groups is 1. The second-order valence-electron chi connectivity index (χ2n) is 15.6. The van der Waals surface area contributed by atoms with Gasteiger partial charge in [0.1, 0.15) is 24.4 Å². The lowest BCUT2D eigenvalue weighted by Gasteiger charge is -2.58. The Bertz CT molecular complexity index is 1120. The van der Waals surface area contributed by atoms with E-state index in [4.69, 9.17) is 19.3 Å². The third kappa shape index (κ3) is 6.67. The maximum Gasteiger partial charge on any atom is 0.469 e. The maximum atomic E-state index is 13.9. The van der Waals surface area contributed by atoms with Crippen LogP contribution in [0, 0.1) is 46.3 Å². The normalized spacial score (nSPS) is 45.0. The second-order valence-corrected chi connectivity index (χ2v) is 16.8. The predicted octanol–water partition coefficient (Wildman–Crippen LogP) is 4.51. The van der Waals surface area contributed by atoms with Crippen LogP contribution in [0.4, 0.5) is 0 Å². The molecule has 11 heteroatoms. The number of ketones is 1. The molecule has 1 aliphatic heterocycles. The molecule has 252 valence electrons. The van der Waals surface area contributed by atoms with Crippen molar-refractivity contribution in [3.05, 3.63) is 11.6 Å². The first-order valence-electron chi connectivity index (χ1n) is 16.8. The number of carbonyl (C=O) groups excluding carboxylic acids is 1. The van der Waals surface area contributed by atoms with Crippen molar-refractivity contribution in [3.8, 4) is 0 Å². The minimum absolute atomic E-state index is 0.0581. The van der Waals surface area contributed by atoms with E-state index in [1.807, 2.05) is 6.08 Å². The SMILES string of the molecule is CC(C)CCC[C@@H](C)[C@H]1CC[C@H]2[C@@H]3C(=O)C=C4C[C@@H](O[C@H]5O[C@H](COP(=O)(O)O)[C@@H](O)[C@H](O)[C@@H]5O)CC[C@]4(C)[C@H]3CC[C@]12C. The van der Waals surface area contributed by atoms with Gasteiger partial charge in [-0.1, -0.05) is 59.5 Å². The molecule has 4 fully saturated rings. The Morgan fingerprint density at radius 2 is 1.70 bits per heavy atom. The summed E-state index contributed by atoms with van der Waals surface area (Å²) in [5.74, 6) is 3.10. The van der Waals surface area contributed by atoms with E-state index in [-0.39, 0.29) is 28.6 Å². The number of aliphatic hydroxyl groups is 3. The van der Waals surface area contributed by atoms with Crippen LogP contribution in [0.3, 0.4) is 0 Å². The second kappa shape index (κ2) is 13.1. The number of phosphoric acid groups is 1. The van der Waals surface area contributed by atoms with Crippen molar-refractivity contribution in [3.63, 3.8) is 0 Å². The molecule has 1 saturated heterocycles. The number of carbonyl (C=O) groups is 1. The molecule has 0 unspecified atom stereocenters. The summed E-state index contributed by atoms with van der Waals surface area (Å²) >= 11 is 0. The van der Waals surface area contributed by atoms with Crippen molar-refractivity contribution in [2.24, 2.45) is 46.3 Å². The van der Waals surface area contributed by atoms with E-state index in [2.05, 4.69) is 39.1 Å². The molecule has 0 aromatic rings.